The summed E-state index contributed by atoms with van der Waals surface area (Å²) in [7, 11) is 0. The number of nitrogens with zero attached hydrogens (tertiary/aromatic N) is 3. The monoisotopic (exact) mass is 462 g/mol. The number of fused-ring (bicyclic) bond motifs is 1. The summed E-state index contributed by atoms with van der Waals surface area (Å²) < 4.78 is 1.27. The third-order valence-electron chi connectivity index (χ3n) is 7.19. The van der Waals surface area contributed by atoms with Crippen LogP contribution < -0.4 is 15.1 Å². The fourth-order valence-electron chi connectivity index (χ4n) is 5.14. The molecule has 5 nitrogen and oxygen atoms in total. The summed E-state index contributed by atoms with van der Waals surface area (Å²) in [6, 6.07) is 13.0. The molecule has 0 radical (unpaired) electrons. The van der Waals surface area contributed by atoms with Crippen molar-refractivity contribution in [1.29, 1.82) is 0 Å². The van der Waals surface area contributed by atoms with Crippen molar-refractivity contribution in [3.63, 3.8) is 0 Å². The summed E-state index contributed by atoms with van der Waals surface area (Å²) in [5.74, 6) is 2.02. The molecule has 0 unspecified atom stereocenters. The molecule has 3 aromatic rings. The van der Waals surface area contributed by atoms with Gasteiger partial charge in [0, 0.05) is 59.6 Å². The lowest BCUT2D eigenvalue weighted by Gasteiger charge is -2.33. The van der Waals surface area contributed by atoms with Crippen LogP contribution in [0.5, 0.6) is 0 Å². The number of amides is 1. The van der Waals surface area contributed by atoms with Gasteiger partial charge in [-0.2, -0.15) is 0 Å². The maximum Gasteiger partial charge on any atom is 0.225 e. The molecule has 0 spiro atoms. The van der Waals surface area contributed by atoms with E-state index in [4.69, 9.17) is 0 Å². The molecule has 2 aliphatic rings. The molecule has 33 heavy (non-hydrogen) atoms. The highest BCUT2D eigenvalue weighted by Crippen LogP contribution is 2.33. The highest BCUT2D eigenvalue weighted by Gasteiger charge is 2.27. The first-order valence-electron chi connectivity index (χ1n) is 12.3. The Labute approximate surface area is 200 Å². The SMILES string of the molecule is Cc1cc2c(N3CCC[C@H](C(=O)NCc4ccc(N5CCC(C)CC5)cc4)C3)nccc2s1. The van der Waals surface area contributed by atoms with Crippen LogP contribution in [-0.4, -0.2) is 37.1 Å². The summed E-state index contributed by atoms with van der Waals surface area (Å²) in [5, 5.41) is 4.40. The second-order valence-electron chi connectivity index (χ2n) is 9.74. The fraction of sp³-hybridized carbons (Fsp3) is 0.481. The Morgan fingerprint density at radius 3 is 2.67 bits per heavy atom. The van der Waals surface area contributed by atoms with Crippen molar-refractivity contribution >= 4 is 38.8 Å². The maximum atomic E-state index is 13.0. The highest BCUT2D eigenvalue weighted by molar-refractivity contribution is 7.19. The van der Waals surface area contributed by atoms with Gasteiger partial charge >= 0.3 is 0 Å². The fourth-order valence-corrected chi connectivity index (χ4v) is 6.05. The second-order valence-corrected chi connectivity index (χ2v) is 11.0. The first-order chi connectivity index (χ1) is 16.1. The van der Waals surface area contributed by atoms with Crippen LogP contribution >= 0.6 is 11.3 Å². The van der Waals surface area contributed by atoms with E-state index in [0.717, 1.165) is 56.3 Å². The Kier molecular flexibility index (Phi) is 6.54. The number of hydrogen-bond donors (Lipinski definition) is 1. The van der Waals surface area contributed by atoms with E-state index < -0.39 is 0 Å². The van der Waals surface area contributed by atoms with E-state index in [-0.39, 0.29) is 11.8 Å². The molecular formula is C27H34N4OS. The Morgan fingerprint density at radius 1 is 1.09 bits per heavy atom. The number of aromatic nitrogens is 1. The van der Waals surface area contributed by atoms with Crippen molar-refractivity contribution in [1.82, 2.24) is 10.3 Å². The first-order valence-corrected chi connectivity index (χ1v) is 13.1. The molecule has 1 amide bonds. The summed E-state index contributed by atoms with van der Waals surface area (Å²) in [4.78, 5) is 23.8. The van der Waals surface area contributed by atoms with Gasteiger partial charge in [-0.05, 0) is 68.4 Å². The van der Waals surface area contributed by atoms with Crippen molar-refractivity contribution in [3.05, 3.63) is 53.0 Å². The Bertz CT molecular complexity index is 1100. The van der Waals surface area contributed by atoms with Gasteiger partial charge in [0.25, 0.3) is 0 Å². The molecule has 0 bridgehead atoms. The zero-order valence-corrected chi connectivity index (χ0v) is 20.5. The van der Waals surface area contributed by atoms with Crippen LogP contribution in [0.1, 0.15) is 43.0 Å². The number of pyridine rings is 1. The van der Waals surface area contributed by atoms with E-state index in [1.807, 2.05) is 6.20 Å². The minimum Gasteiger partial charge on any atom is -0.372 e. The quantitative estimate of drug-likeness (QED) is 0.553. The van der Waals surface area contributed by atoms with Gasteiger partial charge in [-0.25, -0.2) is 4.98 Å². The highest BCUT2D eigenvalue weighted by atomic mass is 32.1. The van der Waals surface area contributed by atoms with Crippen molar-refractivity contribution in [2.75, 3.05) is 36.0 Å². The van der Waals surface area contributed by atoms with E-state index >= 15 is 0 Å². The Morgan fingerprint density at radius 2 is 1.88 bits per heavy atom. The first kappa shape index (κ1) is 22.2. The maximum absolute atomic E-state index is 13.0. The number of anilines is 2. The molecule has 2 saturated heterocycles. The third-order valence-corrected chi connectivity index (χ3v) is 8.21. The minimum absolute atomic E-state index is 0.00477. The molecule has 0 saturated carbocycles. The van der Waals surface area contributed by atoms with E-state index in [1.54, 1.807) is 11.3 Å². The molecule has 1 N–H and O–H groups in total. The Balaban J connectivity index is 1.18. The number of benzene rings is 1. The molecule has 2 aliphatic heterocycles. The van der Waals surface area contributed by atoms with Gasteiger partial charge in [0.2, 0.25) is 5.91 Å². The minimum atomic E-state index is 0.00477. The molecule has 1 aromatic carbocycles. The molecule has 174 valence electrons. The number of nitrogens with one attached hydrogen (secondary N) is 1. The van der Waals surface area contributed by atoms with Crippen LogP contribution in [0.2, 0.25) is 0 Å². The van der Waals surface area contributed by atoms with Gasteiger partial charge in [-0.15, -0.1) is 11.3 Å². The zero-order valence-electron chi connectivity index (χ0n) is 19.7. The van der Waals surface area contributed by atoms with Gasteiger partial charge < -0.3 is 15.1 Å². The van der Waals surface area contributed by atoms with Crippen LogP contribution in [-0.2, 0) is 11.3 Å². The standard InChI is InChI=1S/C27H34N4OS/c1-19-10-14-30(15-11-19)23-7-5-21(6-8-23)17-29-27(32)22-4-3-13-31(18-22)26-24-16-20(2)33-25(24)9-12-28-26/h5-9,12,16,19,22H,3-4,10-11,13-15,17-18H2,1-2H3,(H,29,32)/t22-/m0/s1. The molecule has 2 aromatic heterocycles. The van der Waals surface area contributed by atoms with Crippen molar-refractivity contribution in [3.8, 4) is 0 Å². The van der Waals surface area contributed by atoms with Crippen LogP contribution in [0, 0.1) is 18.8 Å². The summed E-state index contributed by atoms with van der Waals surface area (Å²) in [5.41, 5.74) is 2.45. The molecule has 2 fully saturated rings. The average Bonchev–Trinajstić information content (AvgIpc) is 3.24. The van der Waals surface area contributed by atoms with Crippen LogP contribution in [0.4, 0.5) is 11.5 Å². The van der Waals surface area contributed by atoms with Gasteiger partial charge in [0.15, 0.2) is 0 Å². The third kappa shape index (κ3) is 5.01. The van der Waals surface area contributed by atoms with E-state index in [9.17, 15) is 4.79 Å². The van der Waals surface area contributed by atoms with Gasteiger partial charge in [-0.1, -0.05) is 19.1 Å². The van der Waals surface area contributed by atoms with Crippen LogP contribution in [0.15, 0.2) is 42.6 Å². The summed E-state index contributed by atoms with van der Waals surface area (Å²) in [6.45, 7) is 9.05. The van der Waals surface area contributed by atoms with E-state index in [2.05, 4.69) is 70.3 Å². The van der Waals surface area contributed by atoms with Crippen molar-refractivity contribution in [2.45, 2.75) is 46.1 Å². The van der Waals surface area contributed by atoms with Gasteiger partial charge in [0.05, 0.1) is 5.92 Å². The van der Waals surface area contributed by atoms with Gasteiger partial charge in [-0.3, -0.25) is 4.79 Å². The number of piperidine rings is 2. The molecular weight excluding hydrogens is 428 g/mol. The zero-order chi connectivity index (χ0) is 22.8. The predicted octanol–water partition coefficient (Wildman–Crippen LogP) is 5.37. The smallest absolute Gasteiger partial charge is 0.225 e. The molecule has 6 heteroatoms. The summed E-state index contributed by atoms with van der Waals surface area (Å²) in [6.07, 6.45) is 6.39. The lowest BCUT2D eigenvalue weighted by Crippen LogP contribution is -2.43. The number of aryl methyl sites for hydroxylation is 1. The summed E-state index contributed by atoms with van der Waals surface area (Å²) >= 11 is 1.80. The molecule has 0 aliphatic carbocycles. The number of thiophene rings is 1. The molecule has 4 heterocycles. The number of carbonyl (C=O) groups is 1. The lowest BCUT2D eigenvalue weighted by molar-refractivity contribution is -0.125. The van der Waals surface area contributed by atoms with Crippen LogP contribution in [0.3, 0.4) is 0 Å². The molecule has 1 atom stereocenters. The Hall–Kier alpha value is -2.60. The van der Waals surface area contributed by atoms with E-state index in [0.29, 0.717) is 6.54 Å². The largest absolute Gasteiger partial charge is 0.372 e. The number of hydrogen-bond acceptors (Lipinski definition) is 5. The van der Waals surface area contributed by atoms with Crippen LogP contribution in [0.25, 0.3) is 10.1 Å². The van der Waals surface area contributed by atoms with Gasteiger partial charge in [0.1, 0.15) is 5.82 Å². The topological polar surface area (TPSA) is 48.5 Å². The lowest BCUT2D eigenvalue weighted by atomic mass is 9.96. The number of carbonyl (C=O) groups excluding carboxylic acids is 1. The normalized spacial score (nSPS) is 19.8. The van der Waals surface area contributed by atoms with Crippen molar-refractivity contribution in [2.24, 2.45) is 11.8 Å². The predicted molar refractivity (Wildman–Crippen MR) is 138 cm³/mol. The second kappa shape index (κ2) is 9.72. The van der Waals surface area contributed by atoms with E-state index in [1.165, 1.54) is 33.5 Å². The van der Waals surface area contributed by atoms with Crippen molar-refractivity contribution < 1.29 is 4.79 Å². The molecule has 5 rings (SSSR count). The average molecular weight is 463 g/mol. The number of rotatable bonds is 5.